The predicted octanol–water partition coefficient (Wildman–Crippen LogP) is 5.28. The molecule has 5 rings (SSSR count). The Balaban J connectivity index is 1.74. The van der Waals surface area contributed by atoms with Gasteiger partial charge in [-0.15, -0.1) is 0 Å². The lowest BCUT2D eigenvalue weighted by Gasteiger charge is -2.11. The maximum absolute atomic E-state index is 6.24. The van der Waals surface area contributed by atoms with Gasteiger partial charge >= 0.3 is 0 Å². The van der Waals surface area contributed by atoms with Crippen molar-refractivity contribution in [3.05, 3.63) is 84.9 Å². The summed E-state index contributed by atoms with van der Waals surface area (Å²) < 4.78 is 0. The van der Waals surface area contributed by atoms with Gasteiger partial charge in [0.2, 0.25) is 0 Å². The Kier molecular flexibility index (Phi) is 3.69. The van der Waals surface area contributed by atoms with Crippen LogP contribution in [0.5, 0.6) is 0 Å². The number of pyridine rings is 2. The fourth-order valence-corrected chi connectivity index (χ4v) is 3.57. The lowest BCUT2D eigenvalue weighted by atomic mass is 10.0. The van der Waals surface area contributed by atoms with E-state index in [4.69, 9.17) is 11.5 Å². The maximum atomic E-state index is 6.24. The van der Waals surface area contributed by atoms with Crippen LogP contribution in [0.2, 0.25) is 0 Å². The van der Waals surface area contributed by atoms with Gasteiger partial charge in [0.25, 0.3) is 0 Å². The molecule has 0 aliphatic rings. The number of nitrogen functional groups attached to an aromatic ring is 2. The van der Waals surface area contributed by atoms with Crippen molar-refractivity contribution in [1.82, 2.24) is 9.97 Å². The molecule has 2 aromatic heterocycles. The molecule has 3 aromatic carbocycles. The average molecular weight is 362 g/mol. The van der Waals surface area contributed by atoms with E-state index >= 15 is 0 Å². The van der Waals surface area contributed by atoms with Gasteiger partial charge in [-0.2, -0.15) is 0 Å². The molecule has 0 saturated carbocycles. The molecule has 4 N–H and O–H groups in total. The first-order valence-electron chi connectivity index (χ1n) is 9.10. The summed E-state index contributed by atoms with van der Waals surface area (Å²) in [6.45, 7) is 0. The molecule has 2 heterocycles. The van der Waals surface area contributed by atoms with E-state index < -0.39 is 0 Å². The van der Waals surface area contributed by atoms with Gasteiger partial charge in [-0.1, -0.05) is 60.7 Å². The van der Waals surface area contributed by atoms with Crippen LogP contribution in [-0.4, -0.2) is 9.97 Å². The minimum atomic E-state index is 0.506. The topological polar surface area (TPSA) is 77.8 Å². The number of anilines is 2. The number of aromatic nitrogens is 2. The molecule has 0 atom stereocenters. The van der Waals surface area contributed by atoms with Crippen molar-refractivity contribution in [2.75, 3.05) is 11.5 Å². The summed E-state index contributed by atoms with van der Waals surface area (Å²) in [6, 6.07) is 28.3. The van der Waals surface area contributed by atoms with Crippen LogP contribution in [-0.2, 0) is 0 Å². The average Bonchev–Trinajstić information content (AvgIpc) is 2.73. The van der Waals surface area contributed by atoms with E-state index in [9.17, 15) is 0 Å². The van der Waals surface area contributed by atoms with Crippen LogP contribution < -0.4 is 11.5 Å². The second-order valence-electron chi connectivity index (χ2n) is 6.81. The number of benzene rings is 3. The smallest absolute Gasteiger partial charge is 0.131 e. The van der Waals surface area contributed by atoms with Crippen LogP contribution >= 0.6 is 0 Å². The van der Waals surface area contributed by atoms with E-state index in [2.05, 4.69) is 28.2 Å². The van der Waals surface area contributed by atoms with E-state index in [0.29, 0.717) is 11.6 Å². The molecule has 4 heteroatoms. The molecule has 0 spiro atoms. The molecular weight excluding hydrogens is 344 g/mol. The summed E-state index contributed by atoms with van der Waals surface area (Å²) in [4.78, 5) is 9.22. The van der Waals surface area contributed by atoms with Crippen LogP contribution in [0.3, 0.4) is 0 Å². The van der Waals surface area contributed by atoms with Crippen molar-refractivity contribution >= 4 is 33.4 Å². The van der Waals surface area contributed by atoms with Crippen LogP contribution in [0, 0.1) is 0 Å². The van der Waals surface area contributed by atoms with Gasteiger partial charge in [0.1, 0.15) is 11.6 Å². The molecule has 0 radical (unpaired) electrons. The van der Waals surface area contributed by atoms with Crippen LogP contribution in [0.4, 0.5) is 11.6 Å². The minimum absolute atomic E-state index is 0.506. The third-order valence-corrected chi connectivity index (χ3v) is 4.98. The Bertz CT molecular complexity index is 1210. The monoisotopic (exact) mass is 362 g/mol. The zero-order chi connectivity index (χ0) is 19.1. The molecule has 0 fully saturated rings. The Morgan fingerprint density at radius 1 is 0.500 bits per heavy atom. The van der Waals surface area contributed by atoms with E-state index in [1.54, 1.807) is 0 Å². The van der Waals surface area contributed by atoms with Gasteiger partial charge in [-0.25, -0.2) is 9.97 Å². The molecule has 0 amide bonds. The number of nitrogens with two attached hydrogens (primary N) is 2. The number of hydrogen-bond donors (Lipinski definition) is 2. The first kappa shape index (κ1) is 16.3. The standard InChI is InChI=1S/C24H18N4/c25-23-19(15-7-3-1-4-8-15)12-17-11-18-13-20(16-9-5-2-6-10-16)24(26)28-22(18)14-21(17)27-23/h1-14H,(H2,25,27)(H2,26,28). The number of fused-ring (bicyclic) bond motifs is 2. The lowest BCUT2D eigenvalue weighted by Crippen LogP contribution is -1.97. The highest BCUT2D eigenvalue weighted by molar-refractivity contribution is 6.00. The third kappa shape index (κ3) is 2.72. The molecule has 0 aliphatic heterocycles. The minimum Gasteiger partial charge on any atom is -0.383 e. The highest BCUT2D eigenvalue weighted by Gasteiger charge is 2.11. The van der Waals surface area contributed by atoms with Gasteiger partial charge < -0.3 is 11.5 Å². The quantitative estimate of drug-likeness (QED) is 0.419. The lowest BCUT2D eigenvalue weighted by molar-refractivity contribution is 1.39. The Morgan fingerprint density at radius 3 is 1.36 bits per heavy atom. The first-order valence-corrected chi connectivity index (χ1v) is 9.10. The highest BCUT2D eigenvalue weighted by Crippen LogP contribution is 2.33. The second-order valence-corrected chi connectivity index (χ2v) is 6.81. The number of nitrogens with zero attached hydrogens (tertiary/aromatic N) is 2. The normalized spacial score (nSPS) is 11.1. The Labute approximate surface area is 162 Å². The van der Waals surface area contributed by atoms with Gasteiger partial charge in [0.15, 0.2) is 0 Å². The summed E-state index contributed by atoms with van der Waals surface area (Å²) in [6.07, 6.45) is 0. The van der Waals surface area contributed by atoms with Crippen LogP contribution in [0.1, 0.15) is 0 Å². The summed E-state index contributed by atoms with van der Waals surface area (Å²) >= 11 is 0. The number of rotatable bonds is 2. The van der Waals surface area contributed by atoms with Crippen LogP contribution in [0.15, 0.2) is 84.9 Å². The van der Waals surface area contributed by atoms with Crippen LogP contribution in [0.25, 0.3) is 44.1 Å². The van der Waals surface area contributed by atoms with Gasteiger partial charge in [-0.3, -0.25) is 0 Å². The third-order valence-electron chi connectivity index (χ3n) is 4.98. The molecule has 0 unspecified atom stereocenters. The molecule has 0 aliphatic carbocycles. The largest absolute Gasteiger partial charge is 0.383 e. The van der Waals surface area contributed by atoms with E-state index in [1.807, 2.05) is 66.7 Å². The van der Waals surface area contributed by atoms with Gasteiger partial charge in [-0.05, 0) is 35.4 Å². The Morgan fingerprint density at radius 2 is 0.929 bits per heavy atom. The van der Waals surface area contributed by atoms with E-state index in [1.165, 1.54) is 0 Å². The van der Waals surface area contributed by atoms with Crippen molar-refractivity contribution in [2.24, 2.45) is 0 Å². The molecule has 4 nitrogen and oxygen atoms in total. The highest BCUT2D eigenvalue weighted by atomic mass is 14.9. The molecular formula is C24H18N4. The fourth-order valence-electron chi connectivity index (χ4n) is 3.57. The second kappa shape index (κ2) is 6.35. The molecule has 134 valence electrons. The molecule has 5 aromatic rings. The maximum Gasteiger partial charge on any atom is 0.131 e. The summed E-state index contributed by atoms with van der Waals surface area (Å²) in [5, 5.41) is 2.04. The molecule has 0 saturated heterocycles. The fraction of sp³-hybridized carbons (Fsp3) is 0. The number of hydrogen-bond acceptors (Lipinski definition) is 4. The summed E-state index contributed by atoms with van der Waals surface area (Å²) in [5.41, 5.74) is 18.1. The summed E-state index contributed by atoms with van der Waals surface area (Å²) in [5.74, 6) is 1.01. The zero-order valence-electron chi connectivity index (χ0n) is 15.1. The van der Waals surface area contributed by atoms with E-state index in [-0.39, 0.29) is 0 Å². The van der Waals surface area contributed by atoms with E-state index in [0.717, 1.165) is 44.1 Å². The summed E-state index contributed by atoms with van der Waals surface area (Å²) in [7, 11) is 0. The van der Waals surface area contributed by atoms with Gasteiger partial charge in [0, 0.05) is 21.9 Å². The Hall–Kier alpha value is -3.92. The zero-order valence-corrected chi connectivity index (χ0v) is 15.1. The van der Waals surface area contributed by atoms with Crippen molar-refractivity contribution < 1.29 is 0 Å². The van der Waals surface area contributed by atoms with Crippen molar-refractivity contribution in [3.8, 4) is 22.3 Å². The van der Waals surface area contributed by atoms with Crippen molar-refractivity contribution in [1.29, 1.82) is 0 Å². The van der Waals surface area contributed by atoms with Gasteiger partial charge in [0.05, 0.1) is 11.0 Å². The van der Waals surface area contributed by atoms with Crippen molar-refractivity contribution in [2.45, 2.75) is 0 Å². The van der Waals surface area contributed by atoms with Crippen molar-refractivity contribution in [3.63, 3.8) is 0 Å². The molecule has 0 bridgehead atoms. The predicted molar refractivity (Wildman–Crippen MR) is 117 cm³/mol. The first-order chi connectivity index (χ1) is 13.7. The SMILES string of the molecule is Nc1nc2cc3nc(N)c(-c4ccccc4)cc3cc2cc1-c1ccccc1. The molecule has 28 heavy (non-hydrogen) atoms.